The number of benzene rings is 2. The second-order valence-electron chi connectivity index (χ2n) is 10.6. The summed E-state index contributed by atoms with van der Waals surface area (Å²) in [5.41, 5.74) is 3.07. The quantitative estimate of drug-likeness (QED) is 0.444. The molecule has 0 saturated carbocycles. The van der Waals surface area contributed by atoms with Gasteiger partial charge in [-0.2, -0.15) is 9.97 Å². The zero-order valence-electron chi connectivity index (χ0n) is 23.1. The Morgan fingerprint density at radius 1 is 1.13 bits per heavy atom. The molecule has 39 heavy (non-hydrogen) atoms. The fraction of sp³-hybridized carbons (Fsp3) is 0.433. The SMILES string of the molecule is C=CC(=O)N1CCN(c2nc(OC(C)CCN(C)C)nc3c2CCN(c2cc(O)cc4ccccc24)C3)CC1. The molecule has 0 radical (unpaired) electrons. The lowest BCUT2D eigenvalue weighted by molar-refractivity contribution is -0.126. The summed E-state index contributed by atoms with van der Waals surface area (Å²) < 4.78 is 6.26. The van der Waals surface area contributed by atoms with Gasteiger partial charge in [-0.1, -0.05) is 30.8 Å². The first-order valence-corrected chi connectivity index (χ1v) is 13.7. The van der Waals surface area contributed by atoms with Crippen molar-refractivity contribution in [3.8, 4) is 11.8 Å². The summed E-state index contributed by atoms with van der Waals surface area (Å²) in [4.78, 5) is 30.5. The van der Waals surface area contributed by atoms with Crippen LogP contribution in [0.1, 0.15) is 24.6 Å². The first-order valence-electron chi connectivity index (χ1n) is 13.7. The number of aromatic nitrogens is 2. The number of carbonyl (C=O) groups is 1. The normalized spacial score (nSPS) is 16.4. The summed E-state index contributed by atoms with van der Waals surface area (Å²) in [7, 11) is 4.10. The van der Waals surface area contributed by atoms with Gasteiger partial charge in [-0.05, 0) is 51.4 Å². The van der Waals surface area contributed by atoms with E-state index in [1.54, 1.807) is 6.07 Å². The maximum atomic E-state index is 12.1. The summed E-state index contributed by atoms with van der Waals surface area (Å²) in [6, 6.07) is 12.2. The van der Waals surface area contributed by atoms with Gasteiger partial charge in [0.1, 0.15) is 17.7 Å². The third-order valence-corrected chi connectivity index (χ3v) is 7.54. The smallest absolute Gasteiger partial charge is 0.318 e. The number of phenolic OH excluding ortho intramolecular Hbond substituents is 1. The van der Waals surface area contributed by atoms with E-state index < -0.39 is 0 Å². The van der Waals surface area contributed by atoms with Crippen LogP contribution in [0.2, 0.25) is 0 Å². The van der Waals surface area contributed by atoms with Crippen LogP contribution in [0.25, 0.3) is 10.8 Å². The number of nitrogens with zero attached hydrogens (tertiary/aromatic N) is 6. The van der Waals surface area contributed by atoms with Gasteiger partial charge in [0.15, 0.2) is 0 Å². The number of carbonyl (C=O) groups excluding carboxylic acids is 1. The Morgan fingerprint density at radius 2 is 1.90 bits per heavy atom. The molecule has 2 aromatic carbocycles. The molecule has 2 aliphatic heterocycles. The third kappa shape index (κ3) is 5.93. The number of hydrogen-bond acceptors (Lipinski definition) is 8. The number of fused-ring (bicyclic) bond motifs is 2. The number of piperazine rings is 1. The summed E-state index contributed by atoms with van der Waals surface area (Å²) in [6.45, 7) is 10.6. The first kappa shape index (κ1) is 26.7. The highest BCUT2D eigenvalue weighted by atomic mass is 16.5. The van der Waals surface area contributed by atoms with Crippen LogP contribution in [-0.2, 0) is 17.8 Å². The molecule has 1 saturated heterocycles. The minimum Gasteiger partial charge on any atom is -0.508 e. The van der Waals surface area contributed by atoms with Crippen LogP contribution in [0.5, 0.6) is 11.8 Å². The van der Waals surface area contributed by atoms with Crippen molar-refractivity contribution in [2.45, 2.75) is 32.4 Å². The first-order chi connectivity index (χ1) is 18.8. The van der Waals surface area contributed by atoms with Crippen molar-refractivity contribution in [3.63, 3.8) is 0 Å². The Bertz CT molecular complexity index is 1350. The maximum Gasteiger partial charge on any atom is 0.318 e. The van der Waals surface area contributed by atoms with Crippen LogP contribution in [0.3, 0.4) is 0 Å². The van der Waals surface area contributed by atoms with Crippen molar-refractivity contribution in [1.29, 1.82) is 0 Å². The standard InChI is InChI=1S/C30H38N6O3/c1-5-28(38)34-14-16-35(17-15-34)29-25-11-13-36(27-19-23(37)18-22-8-6-7-9-24(22)27)20-26(25)31-30(32-29)39-21(2)10-12-33(3)4/h5-9,18-19,21,37H,1,10-17,20H2,2-4H3. The molecule has 0 aliphatic carbocycles. The van der Waals surface area contributed by atoms with Crippen molar-refractivity contribution in [3.05, 3.63) is 60.3 Å². The lowest BCUT2D eigenvalue weighted by Gasteiger charge is -2.38. The number of rotatable bonds is 8. The molecule has 206 valence electrons. The van der Waals surface area contributed by atoms with Gasteiger partial charge in [-0.25, -0.2) is 0 Å². The van der Waals surface area contributed by atoms with E-state index in [0.717, 1.165) is 59.5 Å². The number of aromatic hydroxyl groups is 1. The highest BCUT2D eigenvalue weighted by molar-refractivity contribution is 5.95. The summed E-state index contributed by atoms with van der Waals surface area (Å²) in [6.07, 6.45) is 2.99. The van der Waals surface area contributed by atoms with Crippen molar-refractivity contribution < 1.29 is 14.6 Å². The Morgan fingerprint density at radius 3 is 2.64 bits per heavy atom. The van der Waals surface area contributed by atoms with E-state index in [-0.39, 0.29) is 17.8 Å². The molecule has 3 heterocycles. The average Bonchev–Trinajstić information content (AvgIpc) is 2.94. The fourth-order valence-corrected chi connectivity index (χ4v) is 5.39. The van der Waals surface area contributed by atoms with Gasteiger partial charge in [0.25, 0.3) is 0 Å². The zero-order chi connectivity index (χ0) is 27.5. The molecule has 0 bridgehead atoms. The summed E-state index contributed by atoms with van der Waals surface area (Å²) in [5, 5.41) is 12.6. The Hall–Kier alpha value is -3.85. The van der Waals surface area contributed by atoms with Gasteiger partial charge in [0, 0.05) is 62.0 Å². The molecular formula is C30H38N6O3. The predicted octanol–water partition coefficient (Wildman–Crippen LogP) is 3.45. The van der Waals surface area contributed by atoms with Crippen molar-refractivity contribution >= 4 is 28.2 Å². The molecule has 9 nitrogen and oxygen atoms in total. The van der Waals surface area contributed by atoms with Crippen LogP contribution in [0, 0.1) is 0 Å². The minimum atomic E-state index is -0.0351. The topological polar surface area (TPSA) is 85.3 Å². The fourth-order valence-electron chi connectivity index (χ4n) is 5.39. The van der Waals surface area contributed by atoms with Crippen LogP contribution >= 0.6 is 0 Å². The van der Waals surface area contributed by atoms with Gasteiger partial charge in [-0.3, -0.25) is 4.79 Å². The minimum absolute atomic E-state index is 0.0323. The van der Waals surface area contributed by atoms with Crippen LogP contribution < -0.4 is 14.5 Å². The van der Waals surface area contributed by atoms with E-state index in [4.69, 9.17) is 14.7 Å². The number of amides is 1. The molecule has 2 aliphatic rings. The molecular weight excluding hydrogens is 492 g/mol. The summed E-state index contributed by atoms with van der Waals surface area (Å²) in [5.74, 6) is 1.12. The van der Waals surface area contributed by atoms with Gasteiger partial charge in [0.05, 0.1) is 12.2 Å². The molecule has 1 N–H and O–H groups in total. The van der Waals surface area contributed by atoms with E-state index >= 15 is 0 Å². The molecule has 1 atom stereocenters. The molecule has 1 amide bonds. The average molecular weight is 531 g/mol. The Kier molecular flexibility index (Phi) is 7.88. The largest absolute Gasteiger partial charge is 0.508 e. The molecule has 1 aromatic heterocycles. The van der Waals surface area contributed by atoms with Gasteiger partial charge >= 0.3 is 6.01 Å². The number of phenols is 1. The van der Waals surface area contributed by atoms with Crippen molar-refractivity contribution in [1.82, 2.24) is 19.8 Å². The van der Waals surface area contributed by atoms with Crippen LogP contribution in [-0.4, -0.2) is 90.2 Å². The third-order valence-electron chi connectivity index (χ3n) is 7.54. The van der Waals surface area contributed by atoms with Gasteiger partial charge in [-0.15, -0.1) is 0 Å². The number of hydrogen-bond donors (Lipinski definition) is 1. The zero-order valence-corrected chi connectivity index (χ0v) is 23.1. The van der Waals surface area contributed by atoms with E-state index in [2.05, 4.69) is 48.4 Å². The molecule has 5 rings (SSSR count). The number of ether oxygens (including phenoxy) is 1. The lowest BCUT2D eigenvalue weighted by Crippen LogP contribution is -2.49. The molecule has 3 aromatic rings. The molecule has 1 fully saturated rings. The highest BCUT2D eigenvalue weighted by Crippen LogP contribution is 2.36. The second kappa shape index (κ2) is 11.5. The van der Waals surface area contributed by atoms with Crippen LogP contribution in [0.15, 0.2) is 49.1 Å². The lowest BCUT2D eigenvalue weighted by atomic mass is 10.0. The maximum absolute atomic E-state index is 12.1. The second-order valence-corrected chi connectivity index (χ2v) is 10.6. The van der Waals surface area contributed by atoms with Gasteiger partial charge < -0.3 is 29.4 Å². The van der Waals surface area contributed by atoms with E-state index in [0.29, 0.717) is 38.7 Å². The van der Waals surface area contributed by atoms with Crippen molar-refractivity contribution in [2.24, 2.45) is 0 Å². The number of anilines is 2. The summed E-state index contributed by atoms with van der Waals surface area (Å²) >= 11 is 0. The predicted molar refractivity (Wildman–Crippen MR) is 155 cm³/mol. The Balaban J connectivity index is 1.46. The highest BCUT2D eigenvalue weighted by Gasteiger charge is 2.29. The molecule has 0 spiro atoms. The van der Waals surface area contributed by atoms with E-state index in [1.807, 2.05) is 29.2 Å². The van der Waals surface area contributed by atoms with E-state index in [1.165, 1.54) is 6.08 Å². The monoisotopic (exact) mass is 530 g/mol. The van der Waals surface area contributed by atoms with Gasteiger partial charge in [0.2, 0.25) is 5.91 Å². The van der Waals surface area contributed by atoms with Crippen molar-refractivity contribution in [2.75, 3.05) is 63.2 Å². The van der Waals surface area contributed by atoms with Crippen LogP contribution in [0.4, 0.5) is 11.5 Å². The van der Waals surface area contributed by atoms with E-state index in [9.17, 15) is 9.90 Å². The Labute approximate surface area is 230 Å². The molecule has 1 unspecified atom stereocenters. The molecule has 9 heteroatoms.